The Morgan fingerprint density at radius 1 is 1.20 bits per heavy atom. The number of rotatable bonds is 5. The van der Waals surface area contributed by atoms with Gasteiger partial charge in [-0.25, -0.2) is 0 Å². The van der Waals surface area contributed by atoms with E-state index in [1.165, 1.54) is 12.5 Å². The average Bonchev–Trinajstić information content (AvgIpc) is 1.87. The Morgan fingerprint density at radius 3 is 1.80 bits per heavy atom. The highest BCUT2D eigenvalue weighted by molar-refractivity contribution is 6.56. The van der Waals surface area contributed by atoms with Gasteiger partial charge in [0.15, 0.2) is 0 Å². The lowest BCUT2D eigenvalue weighted by atomic mass is 11.1. The van der Waals surface area contributed by atoms with Gasteiger partial charge in [0.25, 0.3) is 0 Å². The smallest absolute Gasteiger partial charge is 0.213 e. The number of ether oxygens (including phenoxy) is 2. The predicted octanol–water partition coefficient (Wildman–Crippen LogP) is 1.66. The van der Waals surface area contributed by atoms with E-state index in [-0.39, 0.29) is 5.91 Å². The van der Waals surface area contributed by atoms with Crippen LogP contribution in [0.2, 0.25) is 13.1 Å². The second-order valence-electron chi connectivity index (χ2n) is 2.22. The first kappa shape index (κ1) is 9.30. The van der Waals surface area contributed by atoms with Gasteiger partial charge in [-0.1, -0.05) is 26.3 Å². The van der Waals surface area contributed by atoms with Crippen LogP contribution in [0.5, 0.6) is 0 Å². The third-order valence-electron chi connectivity index (χ3n) is 1.01. The van der Waals surface area contributed by atoms with Crippen molar-refractivity contribution in [3.8, 4) is 0 Å². The highest BCUT2D eigenvalue weighted by Gasteiger charge is 2.13. The van der Waals surface area contributed by atoms with E-state index in [0.29, 0.717) is 0 Å². The maximum Gasteiger partial charge on any atom is 0.213 e. The molecule has 0 bridgehead atoms. The summed E-state index contributed by atoms with van der Waals surface area (Å²) in [5.74, 6) is -0.116. The van der Waals surface area contributed by atoms with Crippen molar-refractivity contribution in [1.29, 1.82) is 0 Å². The predicted molar refractivity (Wildman–Crippen MR) is 45.2 cm³/mol. The van der Waals surface area contributed by atoms with Crippen molar-refractivity contribution in [2.45, 2.75) is 19.0 Å². The molecule has 0 aliphatic rings. The molecule has 0 amide bonds. The highest BCUT2D eigenvalue weighted by atomic mass is 28.3. The molecule has 0 fully saturated rings. The molecule has 0 N–H and O–H groups in total. The molecule has 3 heteroatoms. The van der Waals surface area contributed by atoms with Gasteiger partial charge in [0, 0.05) is 0 Å². The summed E-state index contributed by atoms with van der Waals surface area (Å²) in [6, 6.07) is 0. The first-order valence-corrected chi connectivity index (χ1v) is 6.22. The van der Waals surface area contributed by atoms with Gasteiger partial charge in [-0.05, 0) is 0 Å². The first-order chi connectivity index (χ1) is 4.72. The second-order valence-corrected chi connectivity index (χ2v) is 5.25. The molecule has 0 aliphatic carbocycles. The lowest BCUT2D eigenvalue weighted by molar-refractivity contribution is -0.000355. The van der Waals surface area contributed by atoms with Crippen LogP contribution in [0, 0.1) is 0 Å². The van der Waals surface area contributed by atoms with Crippen LogP contribution < -0.4 is 0 Å². The van der Waals surface area contributed by atoms with E-state index in [0.717, 1.165) is 0 Å². The Labute approximate surface area is 63.8 Å². The van der Waals surface area contributed by atoms with Crippen LogP contribution in [-0.2, 0) is 9.47 Å². The molecule has 0 radical (unpaired) electrons. The van der Waals surface area contributed by atoms with Crippen LogP contribution in [0.1, 0.15) is 0 Å². The van der Waals surface area contributed by atoms with Gasteiger partial charge in [0.2, 0.25) is 5.91 Å². The average molecular weight is 158 g/mol. The van der Waals surface area contributed by atoms with Crippen molar-refractivity contribution in [3.63, 3.8) is 0 Å². The summed E-state index contributed by atoms with van der Waals surface area (Å²) in [7, 11) is -0.908. The molecule has 0 spiro atoms. The van der Waals surface area contributed by atoms with Gasteiger partial charge in [0.1, 0.15) is 8.80 Å². The van der Waals surface area contributed by atoms with Crippen LogP contribution in [0.25, 0.3) is 0 Å². The van der Waals surface area contributed by atoms with Gasteiger partial charge < -0.3 is 9.47 Å². The fourth-order valence-corrected chi connectivity index (χ4v) is 1.39. The molecule has 0 saturated heterocycles. The van der Waals surface area contributed by atoms with E-state index in [1.807, 2.05) is 0 Å². The van der Waals surface area contributed by atoms with Crippen molar-refractivity contribution in [2.75, 3.05) is 0 Å². The van der Waals surface area contributed by atoms with Gasteiger partial charge in [-0.3, -0.25) is 0 Å². The molecule has 10 heavy (non-hydrogen) atoms. The number of hydrogen-bond donors (Lipinski definition) is 0. The van der Waals surface area contributed by atoms with Crippen LogP contribution in [0.4, 0.5) is 0 Å². The Hall–Kier alpha value is -0.703. The molecule has 0 aliphatic heterocycles. The second kappa shape index (κ2) is 5.11. The summed E-state index contributed by atoms with van der Waals surface area (Å²) in [6.07, 6.45) is 2.81. The molecule has 0 saturated carbocycles. The van der Waals surface area contributed by atoms with Crippen molar-refractivity contribution in [3.05, 3.63) is 25.7 Å². The maximum absolute atomic E-state index is 5.08. The minimum Gasteiger partial charge on any atom is -0.468 e. The zero-order valence-corrected chi connectivity index (χ0v) is 7.69. The molecule has 0 unspecified atom stereocenters. The summed E-state index contributed by atoms with van der Waals surface area (Å²) < 4.78 is 10.2. The summed E-state index contributed by atoms with van der Waals surface area (Å²) in [4.78, 5) is 0. The zero-order chi connectivity index (χ0) is 7.98. The van der Waals surface area contributed by atoms with Crippen molar-refractivity contribution >= 4 is 8.80 Å². The molecule has 0 aromatic carbocycles. The molecule has 0 aromatic rings. The SMILES string of the molecule is C=COC(OC=C)[SiH](C)C. The Kier molecular flexibility index (Phi) is 4.75. The summed E-state index contributed by atoms with van der Waals surface area (Å²) in [6.45, 7) is 11.2. The van der Waals surface area contributed by atoms with Crippen molar-refractivity contribution in [2.24, 2.45) is 0 Å². The monoisotopic (exact) mass is 158 g/mol. The molecule has 0 rings (SSSR count). The minimum atomic E-state index is -0.908. The van der Waals surface area contributed by atoms with E-state index in [4.69, 9.17) is 9.47 Å². The van der Waals surface area contributed by atoms with Crippen LogP contribution in [-0.4, -0.2) is 14.7 Å². The molecule has 0 heterocycles. The third kappa shape index (κ3) is 3.35. The van der Waals surface area contributed by atoms with E-state index in [2.05, 4.69) is 26.3 Å². The topological polar surface area (TPSA) is 18.5 Å². The highest BCUT2D eigenvalue weighted by Crippen LogP contribution is 2.00. The van der Waals surface area contributed by atoms with Crippen molar-refractivity contribution in [1.82, 2.24) is 0 Å². The fraction of sp³-hybridized carbons (Fsp3) is 0.429. The van der Waals surface area contributed by atoms with Gasteiger partial charge in [0.05, 0.1) is 12.5 Å². The van der Waals surface area contributed by atoms with Crippen molar-refractivity contribution < 1.29 is 9.47 Å². The lowest BCUT2D eigenvalue weighted by Crippen LogP contribution is -2.27. The Bertz CT molecular complexity index is 102. The first-order valence-electron chi connectivity index (χ1n) is 3.25. The molecular formula is C7H14O2Si. The van der Waals surface area contributed by atoms with E-state index >= 15 is 0 Å². The van der Waals surface area contributed by atoms with Gasteiger partial charge in [-0.15, -0.1) is 0 Å². The summed E-state index contributed by atoms with van der Waals surface area (Å²) in [5, 5.41) is 0. The third-order valence-corrected chi connectivity index (χ3v) is 2.41. The Balaban J connectivity index is 3.70. The standard InChI is InChI=1S/C7H14O2Si/c1-5-8-7(9-6-2)10(3)4/h5-7,10H,1-2H2,3-4H3. The normalized spacial score (nSPS) is 9.60. The van der Waals surface area contributed by atoms with Crippen LogP contribution in [0.3, 0.4) is 0 Å². The summed E-state index contributed by atoms with van der Waals surface area (Å²) >= 11 is 0. The van der Waals surface area contributed by atoms with E-state index in [1.54, 1.807) is 0 Å². The van der Waals surface area contributed by atoms with Gasteiger partial charge in [-0.2, -0.15) is 0 Å². The van der Waals surface area contributed by atoms with Crippen LogP contribution >= 0.6 is 0 Å². The molecule has 0 atom stereocenters. The van der Waals surface area contributed by atoms with E-state index < -0.39 is 8.80 Å². The maximum atomic E-state index is 5.08. The quantitative estimate of drug-likeness (QED) is 0.344. The fourth-order valence-electron chi connectivity index (χ4n) is 0.536. The lowest BCUT2D eigenvalue weighted by Gasteiger charge is -2.17. The number of hydrogen-bond acceptors (Lipinski definition) is 2. The summed E-state index contributed by atoms with van der Waals surface area (Å²) in [5.41, 5.74) is 0. The van der Waals surface area contributed by atoms with Gasteiger partial charge >= 0.3 is 0 Å². The molecule has 0 aromatic heterocycles. The van der Waals surface area contributed by atoms with Crippen LogP contribution in [0.15, 0.2) is 25.7 Å². The molecule has 58 valence electrons. The minimum absolute atomic E-state index is 0.116. The Morgan fingerprint density at radius 2 is 1.60 bits per heavy atom. The zero-order valence-electron chi connectivity index (χ0n) is 6.54. The largest absolute Gasteiger partial charge is 0.468 e. The molecular weight excluding hydrogens is 144 g/mol. The molecule has 2 nitrogen and oxygen atoms in total. The van der Waals surface area contributed by atoms with E-state index in [9.17, 15) is 0 Å².